The highest BCUT2D eigenvalue weighted by molar-refractivity contribution is 7.82. The lowest BCUT2D eigenvalue weighted by molar-refractivity contribution is 0.211. The Morgan fingerprint density at radius 1 is 1.64 bits per heavy atom. The Kier molecular flexibility index (Phi) is 1.25. The van der Waals surface area contributed by atoms with Gasteiger partial charge in [-0.05, 0) is 0 Å². The van der Waals surface area contributed by atoms with Gasteiger partial charge >= 0.3 is 10.4 Å². The predicted molar refractivity (Wildman–Crippen MR) is 44.0 cm³/mol. The van der Waals surface area contributed by atoms with Crippen molar-refractivity contribution in [1.82, 2.24) is 9.78 Å². The zero-order chi connectivity index (χ0) is 9.92. The molecule has 0 radical (unpaired) electrons. The first-order valence-corrected chi connectivity index (χ1v) is 5.13. The van der Waals surface area contributed by atoms with Crippen molar-refractivity contribution in [3.63, 3.8) is 0 Å². The van der Waals surface area contributed by atoms with Crippen LogP contribution in [0.4, 0.5) is 11.5 Å². The molecule has 1 aromatic heterocycles. The van der Waals surface area contributed by atoms with Crippen molar-refractivity contribution in [3.05, 3.63) is 6.20 Å². The number of anilines is 2. The Morgan fingerprint density at radius 3 is 3.21 bits per heavy atom. The second-order valence-electron chi connectivity index (χ2n) is 2.97. The fourth-order valence-electron chi connectivity index (χ4n) is 1.53. The molecule has 0 bridgehead atoms. The van der Waals surface area contributed by atoms with Crippen LogP contribution in [0.5, 0.6) is 0 Å². The van der Waals surface area contributed by atoms with Crippen molar-refractivity contribution < 1.29 is 16.9 Å². The van der Waals surface area contributed by atoms with Crippen molar-refractivity contribution in [2.24, 2.45) is 0 Å². The number of nitrogens with zero attached hydrogens (tertiary/aromatic N) is 3. The Labute approximate surface area is 79.1 Å². The third kappa shape index (κ3) is 0.882. The molecule has 8 nitrogen and oxygen atoms in total. The van der Waals surface area contributed by atoms with Gasteiger partial charge in [0, 0.05) is 0 Å². The lowest BCUT2D eigenvalue weighted by Gasteiger charge is -2.08. The number of nitrogen functional groups attached to an aromatic ring is 1. The van der Waals surface area contributed by atoms with Crippen molar-refractivity contribution in [1.29, 1.82) is 0 Å². The van der Waals surface area contributed by atoms with Crippen LogP contribution >= 0.6 is 0 Å². The number of aromatic nitrogens is 2. The minimum absolute atomic E-state index is 0.283. The molecule has 3 rings (SSSR count). The standard InChI is InChI=1S/C5H6N4O4S/c6-3-1-7-8-2-4-9(5(3)8)13-14(10,11)12-4/h1,4H,2,6H2. The van der Waals surface area contributed by atoms with E-state index in [1.54, 1.807) is 0 Å². The first kappa shape index (κ1) is 8.03. The largest absolute Gasteiger partial charge is 0.423 e. The maximum absolute atomic E-state index is 10.9. The van der Waals surface area contributed by atoms with Gasteiger partial charge in [-0.1, -0.05) is 0 Å². The molecule has 0 amide bonds. The molecule has 0 aromatic carbocycles. The number of hydrogen-bond donors (Lipinski definition) is 1. The molecule has 9 heteroatoms. The molecule has 14 heavy (non-hydrogen) atoms. The third-order valence-electron chi connectivity index (χ3n) is 2.04. The molecule has 2 aliphatic rings. The second kappa shape index (κ2) is 2.19. The van der Waals surface area contributed by atoms with Gasteiger partial charge < -0.3 is 5.73 Å². The van der Waals surface area contributed by atoms with E-state index in [1.807, 2.05) is 0 Å². The number of rotatable bonds is 0. The summed E-state index contributed by atoms with van der Waals surface area (Å²) in [6, 6.07) is 0. The molecular formula is C5H6N4O4S. The highest BCUT2D eigenvalue weighted by Crippen LogP contribution is 2.37. The molecule has 1 saturated heterocycles. The van der Waals surface area contributed by atoms with Crippen LogP contribution in [0, 0.1) is 0 Å². The molecule has 3 heterocycles. The molecule has 76 valence electrons. The van der Waals surface area contributed by atoms with E-state index in [9.17, 15) is 8.42 Å². The number of hydrogen-bond acceptors (Lipinski definition) is 7. The van der Waals surface area contributed by atoms with Crippen molar-refractivity contribution in [2.45, 2.75) is 12.8 Å². The van der Waals surface area contributed by atoms with Crippen LogP contribution < -0.4 is 10.8 Å². The Balaban J connectivity index is 2.10. The van der Waals surface area contributed by atoms with E-state index >= 15 is 0 Å². The normalized spacial score (nSPS) is 27.7. The van der Waals surface area contributed by atoms with Gasteiger partial charge in [0.2, 0.25) is 0 Å². The highest BCUT2D eigenvalue weighted by atomic mass is 32.3. The Morgan fingerprint density at radius 2 is 2.43 bits per heavy atom. The lowest BCUT2D eigenvalue weighted by atomic mass is 10.5. The van der Waals surface area contributed by atoms with E-state index in [1.165, 1.54) is 10.9 Å². The first-order valence-electron chi connectivity index (χ1n) is 3.80. The van der Waals surface area contributed by atoms with E-state index in [4.69, 9.17) is 5.73 Å². The van der Waals surface area contributed by atoms with Gasteiger partial charge in [0.05, 0.1) is 18.4 Å². The van der Waals surface area contributed by atoms with Gasteiger partial charge in [0.15, 0.2) is 12.0 Å². The van der Waals surface area contributed by atoms with Crippen LogP contribution in [0.15, 0.2) is 6.20 Å². The summed E-state index contributed by atoms with van der Waals surface area (Å²) < 4.78 is 32.6. The van der Waals surface area contributed by atoms with E-state index in [0.717, 1.165) is 5.06 Å². The summed E-state index contributed by atoms with van der Waals surface area (Å²) in [5, 5.41) is 5.03. The molecular weight excluding hydrogens is 212 g/mol. The van der Waals surface area contributed by atoms with Crippen LogP contribution in [0.25, 0.3) is 0 Å². The SMILES string of the molecule is Nc1cnn2c1N1OS(=O)(=O)OC1C2. The minimum atomic E-state index is -3.91. The van der Waals surface area contributed by atoms with Gasteiger partial charge in [0.1, 0.15) is 0 Å². The summed E-state index contributed by atoms with van der Waals surface area (Å²) in [4.78, 5) is 0. The third-order valence-corrected chi connectivity index (χ3v) is 2.84. The molecule has 1 fully saturated rings. The highest BCUT2D eigenvalue weighted by Gasteiger charge is 2.46. The van der Waals surface area contributed by atoms with Crippen LogP contribution in [0.2, 0.25) is 0 Å². The van der Waals surface area contributed by atoms with Gasteiger partial charge in [-0.3, -0.25) is 0 Å². The van der Waals surface area contributed by atoms with Crippen LogP contribution in [0.3, 0.4) is 0 Å². The van der Waals surface area contributed by atoms with E-state index < -0.39 is 16.6 Å². The summed E-state index contributed by atoms with van der Waals surface area (Å²) in [7, 11) is -3.91. The number of fused-ring (bicyclic) bond motifs is 3. The summed E-state index contributed by atoms with van der Waals surface area (Å²) >= 11 is 0. The van der Waals surface area contributed by atoms with E-state index in [0.29, 0.717) is 11.5 Å². The molecule has 0 aliphatic carbocycles. The van der Waals surface area contributed by atoms with Gasteiger partial charge in [-0.15, -0.1) is 4.28 Å². The van der Waals surface area contributed by atoms with E-state index in [2.05, 4.69) is 13.6 Å². The predicted octanol–water partition coefficient (Wildman–Crippen LogP) is -1.18. The van der Waals surface area contributed by atoms with Gasteiger partial charge in [-0.25, -0.2) is 8.86 Å². The van der Waals surface area contributed by atoms with Crippen LogP contribution in [0.1, 0.15) is 0 Å². The van der Waals surface area contributed by atoms with Gasteiger partial charge in [0.25, 0.3) is 0 Å². The van der Waals surface area contributed by atoms with Gasteiger partial charge in [-0.2, -0.15) is 18.6 Å². The van der Waals surface area contributed by atoms with Crippen LogP contribution in [-0.2, 0) is 25.4 Å². The maximum atomic E-state index is 10.9. The smallest absolute Gasteiger partial charge is 0.394 e. The number of hydroxylamine groups is 1. The van der Waals surface area contributed by atoms with Crippen molar-refractivity contribution in [3.8, 4) is 0 Å². The molecule has 1 aromatic rings. The zero-order valence-electron chi connectivity index (χ0n) is 6.82. The molecule has 2 N–H and O–H groups in total. The number of nitrogens with two attached hydrogens (primary N) is 1. The summed E-state index contributed by atoms with van der Waals surface area (Å²) in [5.41, 5.74) is 5.94. The van der Waals surface area contributed by atoms with Crippen molar-refractivity contribution in [2.75, 3.05) is 10.8 Å². The second-order valence-corrected chi connectivity index (χ2v) is 4.12. The molecule has 0 saturated carbocycles. The van der Waals surface area contributed by atoms with Crippen molar-refractivity contribution >= 4 is 21.9 Å². The monoisotopic (exact) mass is 218 g/mol. The topological polar surface area (TPSA) is 99.7 Å². The van der Waals surface area contributed by atoms with Crippen LogP contribution in [-0.4, -0.2) is 24.4 Å². The maximum Gasteiger partial charge on any atom is 0.423 e. The fraction of sp³-hybridized carbons (Fsp3) is 0.400. The summed E-state index contributed by atoms with van der Waals surface area (Å²) in [6.07, 6.45) is 0.742. The minimum Gasteiger partial charge on any atom is -0.394 e. The molecule has 2 aliphatic heterocycles. The fourth-order valence-corrected chi connectivity index (χ4v) is 2.34. The summed E-state index contributed by atoms with van der Waals surface area (Å²) in [6.45, 7) is 0.283. The zero-order valence-corrected chi connectivity index (χ0v) is 7.64. The molecule has 1 atom stereocenters. The quantitative estimate of drug-likeness (QED) is 0.584. The molecule has 0 spiro atoms. The lowest BCUT2D eigenvalue weighted by Crippen LogP contribution is -2.24. The average molecular weight is 218 g/mol. The van der Waals surface area contributed by atoms with E-state index in [-0.39, 0.29) is 6.54 Å². The average Bonchev–Trinajstić information content (AvgIpc) is 2.61. The molecule has 1 unspecified atom stereocenters. The summed E-state index contributed by atoms with van der Waals surface area (Å²) in [5.74, 6) is 0.413. The Hall–Kier alpha value is -1.32. The first-order chi connectivity index (χ1) is 6.57. The Bertz CT molecular complexity index is 494.